The highest BCUT2D eigenvalue weighted by Gasteiger charge is 2.44. The van der Waals surface area contributed by atoms with E-state index in [9.17, 15) is 4.79 Å². The van der Waals surface area contributed by atoms with Crippen LogP contribution in [0.2, 0.25) is 5.02 Å². The second kappa shape index (κ2) is 8.07. The van der Waals surface area contributed by atoms with Gasteiger partial charge in [0.25, 0.3) is 0 Å². The Balaban J connectivity index is 1.97. The molecule has 1 aliphatic rings. The Hall–Kier alpha value is -1.15. The van der Waals surface area contributed by atoms with Crippen molar-refractivity contribution in [1.82, 2.24) is 10.3 Å². The summed E-state index contributed by atoms with van der Waals surface area (Å²) in [7, 11) is 3.82. The Kier molecular flexibility index (Phi) is 6.15. The molecule has 3 rings (SSSR count). The average molecular weight is 425 g/mol. The van der Waals surface area contributed by atoms with Crippen LogP contribution in [0.1, 0.15) is 37.3 Å². The van der Waals surface area contributed by atoms with Gasteiger partial charge in [-0.25, -0.2) is 4.98 Å². The zero-order chi connectivity index (χ0) is 19.8. The summed E-state index contributed by atoms with van der Waals surface area (Å²) in [6.45, 7) is 6.70. The first-order valence-corrected chi connectivity index (χ1v) is 11.0. The van der Waals surface area contributed by atoms with Crippen LogP contribution in [0.25, 0.3) is 10.2 Å². The van der Waals surface area contributed by atoms with Crippen LogP contribution in [0, 0.1) is 6.92 Å². The van der Waals surface area contributed by atoms with Gasteiger partial charge in [0.05, 0.1) is 15.2 Å². The van der Waals surface area contributed by atoms with Crippen LogP contribution in [0.5, 0.6) is 0 Å². The number of thiazole rings is 1. The van der Waals surface area contributed by atoms with Crippen molar-refractivity contribution in [2.45, 2.75) is 44.4 Å². The van der Waals surface area contributed by atoms with Crippen LogP contribution >= 0.6 is 34.7 Å². The van der Waals surface area contributed by atoms with Crippen LogP contribution in [-0.2, 0) is 4.79 Å². The van der Waals surface area contributed by atoms with Crippen molar-refractivity contribution in [3.8, 4) is 0 Å². The van der Waals surface area contributed by atoms with E-state index in [2.05, 4.69) is 17.6 Å². The van der Waals surface area contributed by atoms with Crippen molar-refractivity contribution < 1.29 is 4.79 Å². The highest BCUT2D eigenvalue weighted by atomic mass is 35.5. The largest absolute Gasteiger partial charge is 0.388 e. The molecule has 146 valence electrons. The normalized spacial score (nSPS) is 22.3. The maximum absolute atomic E-state index is 12.2. The molecule has 27 heavy (non-hydrogen) atoms. The molecule has 1 aliphatic heterocycles. The molecule has 2 atom stereocenters. The lowest BCUT2D eigenvalue weighted by molar-refractivity contribution is -0.118. The van der Waals surface area contributed by atoms with Gasteiger partial charge < -0.3 is 10.6 Å². The number of halogens is 1. The van der Waals surface area contributed by atoms with E-state index in [0.29, 0.717) is 0 Å². The molecule has 0 bridgehead atoms. The molecule has 1 aromatic carbocycles. The molecule has 0 radical (unpaired) electrons. The molecule has 2 N–H and O–H groups in total. The summed E-state index contributed by atoms with van der Waals surface area (Å²) in [5.41, 5.74) is 2.85. The van der Waals surface area contributed by atoms with Gasteiger partial charge in [-0.3, -0.25) is 9.79 Å². The molecular weight excluding hydrogens is 400 g/mol. The number of carbonyl (C=O) groups is 1. The first-order valence-electron chi connectivity index (χ1n) is 9.00. The standard InChI is InChI=1S/C19H25ClN4OS2/c1-10-12(22-5)9-13-15(14(10)20)26-17(23-13)18-24-16(11(2)25)19(3,27-18)7-6-8-21-4/h9,16,21-22H,6-8H2,1-5H3. The molecule has 0 spiro atoms. The van der Waals surface area contributed by atoms with Gasteiger partial charge in [-0.05, 0) is 58.8 Å². The molecule has 1 aromatic heterocycles. The molecule has 2 aromatic rings. The maximum atomic E-state index is 12.2. The number of rotatable bonds is 7. The summed E-state index contributed by atoms with van der Waals surface area (Å²) in [6, 6.07) is 1.69. The van der Waals surface area contributed by atoms with Gasteiger partial charge in [-0.2, -0.15) is 0 Å². The molecule has 0 aliphatic carbocycles. The van der Waals surface area contributed by atoms with Crippen LogP contribution in [-0.4, -0.2) is 47.2 Å². The fourth-order valence-corrected chi connectivity index (χ4v) is 6.26. The lowest BCUT2D eigenvalue weighted by atomic mass is 9.93. The quantitative estimate of drug-likeness (QED) is 0.640. The van der Waals surface area contributed by atoms with Crippen LogP contribution in [0.4, 0.5) is 5.69 Å². The van der Waals surface area contributed by atoms with Gasteiger partial charge in [0, 0.05) is 17.5 Å². The van der Waals surface area contributed by atoms with E-state index in [4.69, 9.17) is 21.6 Å². The van der Waals surface area contributed by atoms with E-state index < -0.39 is 0 Å². The lowest BCUT2D eigenvalue weighted by Crippen LogP contribution is -2.37. The predicted molar refractivity (Wildman–Crippen MR) is 119 cm³/mol. The highest BCUT2D eigenvalue weighted by Crippen LogP contribution is 2.45. The van der Waals surface area contributed by atoms with E-state index in [-0.39, 0.29) is 16.6 Å². The average Bonchev–Trinajstić information content (AvgIpc) is 3.20. The number of nitrogens with one attached hydrogen (secondary N) is 2. The SMILES string of the molecule is CNCCCC1(C)SC(c2nc3cc(NC)c(C)c(Cl)c3s2)=NC1C(C)=O. The monoisotopic (exact) mass is 424 g/mol. The molecule has 0 saturated heterocycles. The number of hydrogen-bond acceptors (Lipinski definition) is 7. The van der Waals surface area contributed by atoms with E-state index in [1.165, 1.54) is 0 Å². The number of thioether (sulfide) groups is 1. The number of nitrogens with zero attached hydrogens (tertiary/aromatic N) is 2. The second-order valence-corrected chi connectivity index (χ2v) is 9.95. The Morgan fingerprint density at radius 3 is 2.78 bits per heavy atom. The Morgan fingerprint density at radius 1 is 1.41 bits per heavy atom. The molecule has 0 amide bonds. The van der Waals surface area contributed by atoms with Crippen LogP contribution < -0.4 is 10.6 Å². The third-order valence-electron chi connectivity index (χ3n) is 4.96. The van der Waals surface area contributed by atoms with Crippen molar-refractivity contribution in [3.63, 3.8) is 0 Å². The summed E-state index contributed by atoms with van der Waals surface area (Å²) in [4.78, 5) is 21.8. The second-order valence-electron chi connectivity index (χ2n) is 7.05. The first kappa shape index (κ1) is 20.6. The molecule has 2 unspecified atom stereocenters. The third-order valence-corrected chi connectivity index (χ3v) is 8.15. The summed E-state index contributed by atoms with van der Waals surface area (Å²) in [6.07, 6.45) is 1.92. The summed E-state index contributed by atoms with van der Waals surface area (Å²) < 4.78 is 0.737. The van der Waals surface area contributed by atoms with E-state index in [1.807, 2.05) is 27.1 Å². The zero-order valence-corrected chi connectivity index (χ0v) is 18.7. The van der Waals surface area contributed by atoms with Crippen LogP contribution in [0.3, 0.4) is 0 Å². The molecule has 0 fully saturated rings. The zero-order valence-electron chi connectivity index (χ0n) is 16.3. The first-order chi connectivity index (χ1) is 12.8. The molecule has 0 saturated carbocycles. The number of benzene rings is 1. The topological polar surface area (TPSA) is 66.4 Å². The van der Waals surface area contributed by atoms with Crippen molar-refractivity contribution in [2.75, 3.05) is 26.0 Å². The van der Waals surface area contributed by atoms with Crippen molar-refractivity contribution >= 4 is 61.4 Å². The molecule has 2 heterocycles. The number of ketones is 1. The van der Waals surface area contributed by atoms with Gasteiger partial charge in [0.15, 0.2) is 5.78 Å². The number of aromatic nitrogens is 1. The summed E-state index contributed by atoms with van der Waals surface area (Å²) in [5, 5.41) is 8.76. The number of hydrogen-bond donors (Lipinski definition) is 2. The summed E-state index contributed by atoms with van der Waals surface area (Å²) in [5.74, 6) is 0.108. The van der Waals surface area contributed by atoms with Crippen LogP contribution in [0.15, 0.2) is 11.1 Å². The molecule has 8 heteroatoms. The number of carbonyl (C=O) groups excluding carboxylic acids is 1. The van der Waals surface area contributed by atoms with Gasteiger partial charge in [-0.15, -0.1) is 11.3 Å². The third kappa shape index (κ3) is 3.88. The number of Topliss-reactive ketones (excluding diaryl/α,β-unsaturated/α-hetero) is 1. The minimum absolute atomic E-state index is 0.108. The van der Waals surface area contributed by atoms with E-state index >= 15 is 0 Å². The molecular formula is C19H25ClN4OS2. The number of aliphatic imine (C=N–C) groups is 1. The van der Waals surface area contributed by atoms with Crippen molar-refractivity contribution in [1.29, 1.82) is 0 Å². The highest BCUT2D eigenvalue weighted by molar-refractivity contribution is 8.16. The Bertz CT molecular complexity index is 911. The minimum Gasteiger partial charge on any atom is -0.388 e. The van der Waals surface area contributed by atoms with Crippen molar-refractivity contribution in [2.24, 2.45) is 4.99 Å². The maximum Gasteiger partial charge on any atom is 0.155 e. The Labute approximate surface area is 173 Å². The van der Waals surface area contributed by atoms with Gasteiger partial charge in [0.1, 0.15) is 16.1 Å². The molecule has 5 nitrogen and oxygen atoms in total. The fraction of sp³-hybridized carbons (Fsp3) is 0.526. The fourth-order valence-electron chi connectivity index (χ4n) is 3.45. The minimum atomic E-state index is -0.327. The van der Waals surface area contributed by atoms with E-state index in [1.54, 1.807) is 30.0 Å². The Morgan fingerprint density at radius 2 is 2.15 bits per heavy atom. The van der Waals surface area contributed by atoms with Gasteiger partial charge in [-0.1, -0.05) is 23.4 Å². The van der Waals surface area contributed by atoms with Crippen molar-refractivity contribution in [3.05, 3.63) is 21.7 Å². The van der Waals surface area contributed by atoms with E-state index in [0.717, 1.165) is 55.9 Å². The lowest BCUT2D eigenvalue weighted by Gasteiger charge is -2.27. The van der Waals surface area contributed by atoms with Gasteiger partial charge >= 0.3 is 0 Å². The predicted octanol–water partition coefficient (Wildman–Crippen LogP) is 4.51. The smallest absolute Gasteiger partial charge is 0.155 e. The summed E-state index contributed by atoms with van der Waals surface area (Å²) >= 11 is 9.80. The number of fused-ring (bicyclic) bond motifs is 1. The van der Waals surface area contributed by atoms with Gasteiger partial charge in [0.2, 0.25) is 0 Å². The number of anilines is 1.